The third-order valence-electron chi connectivity index (χ3n) is 6.58. The summed E-state index contributed by atoms with van der Waals surface area (Å²) in [5, 5.41) is 2.86. The van der Waals surface area contributed by atoms with Gasteiger partial charge in [-0.2, -0.15) is 0 Å². The molecule has 0 radical (unpaired) electrons. The van der Waals surface area contributed by atoms with Gasteiger partial charge in [0.2, 0.25) is 0 Å². The first-order valence-corrected chi connectivity index (χ1v) is 10.8. The average Bonchev–Trinajstić information content (AvgIpc) is 3.19. The summed E-state index contributed by atoms with van der Waals surface area (Å²) in [7, 11) is 0. The number of nitrogens with one attached hydrogen (secondary N) is 1. The van der Waals surface area contributed by atoms with Gasteiger partial charge < -0.3 is 14.6 Å². The number of aromatic nitrogens is 2. The quantitative estimate of drug-likeness (QED) is 0.670. The lowest BCUT2D eigenvalue weighted by Gasteiger charge is -2.52. The topological polar surface area (TPSA) is 66.7 Å². The molecule has 6 nitrogen and oxygen atoms in total. The van der Waals surface area contributed by atoms with Crippen LogP contribution in [0.25, 0.3) is 5.65 Å². The van der Waals surface area contributed by atoms with E-state index >= 15 is 0 Å². The number of halogens is 2. The second-order valence-corrected chi connectivity index (χ2v) is 8.97. The number of fused-ring (bicyclic) bond motifs is 1. The molecule has 2 aliphatic rings. The van der Waals surface area contributed by atoms with E-state index in [4.69, 9.17) is 11.6 Å². The molecule has 3 aromatic rings. The maximum atomic E-state index is 14.1. The maximum absolute atomic E-state index is 14.1. The highest BCUT2D eigenvalue weighted by molar-refractivity contribution is 6.31. The molecule has 0 bridgehead atoms. The highest BCUT2D eigenvalue weighted by Crippen LogP contribution is 2.49. The second kappa shape index (κ2) is 7.64. The van der Waals surface area contributed by atoms with Gasteiger partial charge in [0.05, 0.1) is 10.6 Å². The number of carbonyl (C=O) groups is 2. The molecule has 31 heavy (non-hydrogen) atoms. The molecule has 1 N–H and O–H groups in total. The number of likely N-dealkylation sites (tertiary alicyclic amines) is 1. The number of imidazole rings is 1. The molecule has 1 saturated heterocycles. The smallest absolute Gasteiger partial charge is 0.274 e. The fraction of sp³-hybridized carbons (Fsp3) is 0.348. The Morgan fingerprint density at radius 3 is 2.65 bits per heavy atom. The van der Waals surface area contributed by atoms with Crippen LogP contribution in [0.2, 0.25) is 5.02 Å². The third-order valence-corrected chi connectivity index (χ3v) is 6.88. The third kappa shape index (κ3) is 3.67. The van der Waals surface area contributed by atoms with E-state index in [1.165, 1.54) is 12.1 Å². The summed E-state index contributed by atoms with van der Waals surface area (Å²) >= 11 is 5.77. The minimum absolute atomic E-state index is 0.0200. The summed E-state index contributed by atoms with van der Waals surface area (Å²) in [5.74, 6) is -1.16. The van der Waals surface area contributed by atoms with Crippen molar-refractivity contribution in [2.24, 2.45) is 5.41 Å². The number of benzene rings is 1. The van der Waals surface area contributed by atoms with E-state index in [1.54, 1.807) is 12.3 Å². The molecule has 2 fully saturated rings. The number of rotatable bonds is 3. The van der Waals surface area contributed by atoms with Gasteiger partial charge in [0, 0.05) is 31.5 Å². The second-order valence-electron chi connectivity index (χ2n) is 8.56. The van der Waals surface area contributed by atoms with Crippen LogP contribution in [0.15, 0.2) is 48.8 Å². The number of hydrogen-bond acceptors (Lipinski definition) is 3. The maximum Gasteiger partial charge on any atom is 0.274 e. The summed E-state index contributed by atoms with van der Waals surface area (Å²) in [5.41, 5.74) is 1.33. The molecule has 3 heterocycles. The molecule has 1 aliphatic carbocycles. The standard InChI is InChI=1S/C23H22ClFN4O2/c24-17-5-3-4-16(20(17)25)21(30)26-15-12-23(13-15)7-10-28(11-8-23)22(31)18-14-29-9-2-1-6-19(29)27-18/h1-6,9,14-15H,7-8,10-13H2,(H,26,30). The average molecular weight is 441 g/mol. The van der Waals surface area contributed by atoms with Crippen LogP contribution in [-0.4, -0.2) is 45.2 Å². The lowest BCUT2D eigenvalue weighted by atomic mass is 9.60. The van der Waals surface area contributed by atoms with Gasteiger partial charge in [-0.25, -0.2) is 9.37 Å². The zero-order valence-electron chi connectivity index (χ0n) is 16.9. The lowest BCUT2D eigenvalue weighted by molar-refractivity contribution is 0.00841. The molecule has 5 rings (SSSR count). The summed E-state index contributed by atoms with van der Waals surface area (Å²) in [6.07, 6.45) is 7.12. The Kier molecular flexibility index (Phi) is 4.93. The van der Waals surface area contributed by atoms with Gasteiger partial charge in [-0.05, 0) is 55.4 Å². The van der Waals surface area contributed by atoms with Crippen molar-refractivity contribution in [3.8, 4) is 0 Å². The monoisotopic (exact) mass is 440 g/mol. The zero-order valence-corrected chi connectivity index (χ0v) is 17.6. The van der Waals surface area contributed by atoms with Gasteiger partial charge in [0.1, 0.15) is 11.3 Å². The van der Waals surface area contributed by atoms with Crippen LogP contribution in [0.1, 0.15) is 46.5 Å². The van der Waals surface area contributed by atoms with E-state index in [9.17, 15) is 14.0 Å². The van der Waals surface area contributed by atoms with E-state index in [-0.39, 0.29) is 28.0 Å². The van der Waals surface area contributed by atoms with Gasteiger partial charge >= 0.3 is 0 Å². The summed E-state index contributed by atoms with van der Waals surface area (Å²) < 4.78 is 15.9. The molecular weight excluding hydrogens is 419 g/mol. The highest BCUT2D eigenvalue weighted by Gasteiger charge is 2.47. The fourth-order valence-electron chi connectivity index (χ4n) is 4.82. The van der Waals surface area contributed by atoms with Crippen molar-refractivity contribution >= 4 is 29.1 Å². The van der Waals surface area contributed by atoms with Crippen LogP contribution >= 0.6 is 11.6 Å². The van der Waals surface area contributed by atoms with Gasteiger partial charge in [0.25, 0.3) is 11.8 Å². The summed E-state index contributed by atoms with van der Waals surface area (Å²) in [6.45, 7) is 1.35. The van der Waals surface area contributed by atoms with Crippen molar-refractivity contribution < 1.29 is 14.0 Å². The van der Waals surface area contributed by atoms with E-state index < -0.39 is 11.7 Å². The Balaban J connectivity index is 1.16. The fourth-order valence-corrected chi connectivity index (χ4v) is 5.00. The molecule has 1 aliphatic heterocycles. The van der Waals surface area contributed by atoms with E-state index in [0.29, 0.717) is 18.8 Å². The van der Waals surface area contributed by atoms with Crippen molar-refractivity contribution in [1.82, 2.24) is 19.6 Å². The molecule has 0 unspecified atom stereocenters. The summed E-state index contributed by atoms with van der Waals surface area (Å²) in [4.78, 5) is 31.5. The number of amides is 2. The van der Waals surface area contributed by atoms with Crippen molar-refractivity contribution in [3.05, 3.63) is 70.9 Å². The molecule has 2 aromatic heterocycles. The first-order valence-electron chi connectivity index (χ1n) is 10.4. The predicted molar refractivity (Wildman–Crippen MR) is 115 cm³/mol. The van der Waals surface area contributed by atoms with Crippen molar-refractivity contribution in [3.63, 3.8) is 0 Å². The zero-order chi connectivity index (χ0) is 21.6. The Morgan fingerprint density at radius 1 is 1.13 bits per heavy atom. The number of carbonyl (C=O) groups excluding carboxylic acids is 2. The minimum Gasteiger partial charge on any atom is -0.349 e. The van der Waals surface area contributed by atoms with Crippen LogP contribution in [0.5, 0.6) is 0 Å². The van der Waals surface area contributed by atoms with Gasteiger partial charge in [0.15, 0.2) is 5.82 Å². The molecule has 1 saturated carbocycles. The molecule has 0 atom stereocenters. The van der Waals surface area contributed by atoms with Crippen LogP contribution in [0.4, 0.5) is 4.39 Å². The molecule has 1 spiro atoms. The van der Waals surface area contributed by atoms with Crippen LogP contribution < -0.4 is 5.32 Å². The number of hydrogen-bond donors (Lipinski definition) is 1. The van der Waals surface area contributed by atoms with Crippen molar-refractivity contribution in [2.45, 2.75) is 31.7 Å². The first kappa shape index (κ1) is 20.0. The number of pyridine rings is 1. The van der Waals surface area contributed by atoms with Gasteiger partial charge in [-0.15, -0.1) is 0 Å². The molecule has 8 heteroatoms. The predicted octanol–water partition coefficient (Wildman–Crippen LogP) is 3.94. The number of nitrogens with zero attached hydrogens (tertiary/aromatic N) is 3. The normalized spacial score (nSPS) is 18.2. The minimum atomic E-state index is -0.686. The Labute approximate surface area is 184 Å². The van der Waals surface area contributed by atoms with E-state index in [1.807, 2.05) is 33.7 Å². The first-order chi connectivity index (χ1) is 14.9. The van der Waals surface area contributed by atoms with E-state index in [0.717, 1.165) is 31.3 Å². The van der Waals surface area contributed by atoms with Gasteiger partial charge in [-0.3, -0.25) is 9.59 Å². The summed E-state index contributed by atoms with van der Waals surface area (Å²) in [6, 6.07) is 10.1. The highest BCUT2D eigenvalue weighted by atomic mass is 35.5. The Morgan fingerprint density at radius 2 is 1.90 bits per heavy atom. The van der Waals surface area contributed by atoms with Crippen molar-refractivity contribution in [2.75, 3.05) is 13.1 Å². The number of piperidine rings is 1. The van der Waals surface area contributed by atoms with Crippen LogP contribution in [-0.2, 0) is 0 Å². The molecular formula is C23H22ClFN4O2. The molecule has 2 amide bonds. The van der Waals surface area contributed by atoms with Gasteiger partial charge in [-0.1, -0.05) is 23.7 Å². The largest absolute Gasteiger partial charge is 0.349 e. The van der Waals surface area contributed by atoms with Crippen molar-refractivity contribution in [1.29, 1.82) is 0 Å². The lowest BCUT2D eigenvalue weighted by Crippen LogP contribution is -2.55. The molecule has 160 valence electrons. The Hall–Kier alpha value is -2.93. The Bertz CT molecular complexity index is 1130. The van der Waals surface area contributed by atoms with E-state index in [2.05, 4.69) is 10.3 Å². The SMILES string of the molecule is O=C(NC1CC2(CCN(C(=O)c3cn4ccccc4n3)CC2)C1)c1cccc(Cl)c1F. The van der Waals surface area contributed by atoms with Crippen LogP contribution in [0.3, 0.4) is 0 Å². The van der Waals surface area contributed by atoms with Crippen LogP contribution in [0, 0.1) is 11.2 Å². The molecule has 1 aromatic carbocycles.